The normalized spacial score (nSPS) is 17.7. The highest BCUT2D eigenvalue weighted by molar-refractivity contribution is 7.99. The average molecular weight is 426 g/mol. The Kier molecular flexibility index (Phi) is 5.88. The lowest BCUT2D eigenvalue weighted by Gasteiger charge is -2.26. The van der Waals surface area contributed by atoms with Gasteiger partial charge in [-0.3, -0.25) is 9.69 Å². The predicted molar refractivity (Wildman–Crippen MR) is 118 cm³/mol. The van der Waals surface area contributed by atoms with Crippen LogP contribution in [-0.2, 0) is 17.7 Å². The summed E-state index contributed by atoms with van der Waals surface area (Å²) in [6.45, 7) is 5.59. The standard InChI is InChI=1S/C22H27N5O2S/c28-21-19-18-9-5-2-6-10-26(18)22(30-16-13-25-11-14-29-15-12-25)23-20(19)24-27(21)17-7-3-1-4-8-17/h1,3-4,7-8H,2,5-6,9-16H2. The van der Waals surface area contributed by atoms with Gasteiger partial charge in [0.15, 0.2) is 11.0 Å². The Morgan fingerprint density at radius 3 is 2.70 bits per heavy atom. The van der Waals surface area contributed by atoms with Crippen LogP contribution in [0.15, 0.2) is 40.3 Å². The summed E-state index contributed by atoms with van der Waals surface area (Å²) in [4.78, 5) is 20.6. The van der Waals surface area contributed by atoms with Gasteiger partial charge in [-0.2, -0.15) is 4.68 Å². The molecule has 0 aliphatic carbocycles. The van der Waals surface area contributed by atoms with Crippen LogP contribution >= 0.6 is 11.8 Å². The fourth-order valence-electron chi connectivity index (χ4n) is 4.30. The summed E-state index contributed by atoms with van der Waals surface area (Å²) in [6.07, 6.45) is 4.32. The first-order valence-corrected chi connectivity index (χ1v) is 11.8. The zero-order valence-electron chi connectivity index (χ0n) is 17.1. The molecule has 8 heteroatoms. The predicted octanol–water partition coefficient (Wildman–Crippen LogP) is 2.68. The lowest BCUT2D eigenvalue weighted by atomic mass is 10.1. The maximum atomic E-state index is 13.3. The summed E-state index contributed by atoms with van der Waals surface area (Å²) >= 11 is 1.78. The molecule has 1 saturated heterocycles. The lowest BCUT2D eigenvalue weighted by molar-refractivity contribution is 0.0410. The van der Waals surface area contributed by atoms with E-state index in [1.165, 1.54) is 11.1 Å². The Morgan fingerprint density at radius 2 is 1.87 bits per heavy atom. The quantitative estimate of drug-likeness (QED) is 0.463. The van der Waals surface area contributed by atoms with E-state index in [2.05, 4.69) is 14.6 Å². The van der Waals surface area contributed by atoms with E-state index in [4.69, 9.17) is 9.72 Å². The fraction of sp³-hybridized carbons (Fsp3) is 0.500. The van der Waals surface area contributed by atoms with E-state index in [1.807, 2.05) is 30.3 Å². The van der Waals surface area contributed by atoms with Gasteiger partial charge in [0.2, 0.25) is 0 Å². The molecule has 0 bridgehead atoms. The van der Waals surface area contributed by atoms with Gasteiger partial charge in [-0.05, 0) is 31.4 Å². The molecule has 158 valence electrons. The van der Waals surface area contributed by atoms with Gasteiger partial charge in [0, 0.05) is 37.6 Å². The second-order valence-electron chi connectivity index (χ2n) is 7.86. The minimum absolute atomic E-state index is 0.0563. The van der Waals surface area contributed by atoms with E-state index in [0.29, 0.717) is 11.4 Å². The molecule has 4 aliphatic rings. The lowest BCUT2D eigenvalue weighted by Crippen LogP contribution is -2.37. The van der Waals surface area contributed by atoms with E-state index in [-0.39, 0.29) is 5.56 Å². The van der Waals surface area contributed by atoms with Gasteiger partial charge in [-0.25, -0.2) is 4.98 Å². The molecule has 4 heterocycles. The Labute approximate surface area is 180 Å². The van der Waals surface area contributed by atoms with Crippen LogP contribution in [0.1, 0.15) is 25.0 Å². The van der Waals surface area contributed by atoms with Crippen LogP contribution in [0.3, 0.4) is 0 Å². The van der Waals surface area contributed by atoms with E-state index >= 15 is 0 Å². The van der Waals surface area contributed by atoms with Crippen LogP contribution in [0.4, 0.5) is 0 Å². The number of para-hydroxylation sites is 1. The van der Waals surface area contributed by atoms with Crippen molar-refractivity contribution in [3.05, 3.63) is 46.4 Å². The van der Waals surface area contributed by atoms with Crippen molar-refractivity contribution in [1.82, 2.24) is 24.2 Å². The van der Waals surface area contributed by atoms with Crippen molar-refractivity contribution >= 4 is 11.8 Å². The Hall–Kier alpha value is -2.16. The summed E-state index contributed by atoms with van der Waals surface area (Å²) < 4.78 is 9.24. The number of thioether (sulfide) groups is 1. The maximum absolute atomic E-state index is 13.3. The molecule has 1 fully saturated rings. The number of rotatable bonds is 5. The molecule has 1 aromatic rings. The van der Waals surface area contributed by atoms with Crippen LogP contribution in [0.2, 0.25) is 0 Å². The monoisotopic (exact) mass is 425 g/mol. The molecular formula is C22H27N5O2S. The summed E-state index contributed by atoms with van der Waals surface area (Å²) in [6, 6.07) is 9.63. The first-order valence-electron chi connectivity index (χ1n) is 10.8. The van der Waals surface area contributed by atoms with Gasteiger partial charge in [0.1, 0.15) is 5.56 Å². The zero-order valence-corrected chi connectivity index (χ0v) is 17.9. The van der Waals surface area contributed by atoms with E-state index < -0.39 is 0 Å². The summed E-state index contributed by atoms with van der Waals surface area (Å²) in [7, 11) is 0. The van der Waals surface area contributed by atoms with Crippen LogP contribution < -0.4 is 5.56 Å². The summed E-state index contributed by atoms with van der Waals surface area (Å²) in [5, 5.41) is 5.61. The van der Waals surface area contributed by atoms with E-state index in [0.717, 1.165) is 80.9 Å². The first kappa shape index (κ1) is 19.8. The van der Waals surface area contributed by atoms with Gasteiger partial charge in [-0.15, -0.1) is 5.10 Å². The molecule has 0 unspecified atom stereocenters. The minimum Gasteiger partial charge on any atom is -0.379 e. The van der Waals surface area contributed by atoms with Crippen LogP contribution in [0.25, 0.3) is 17.1 Å². The molecule has 0 N–H and O–H groups in total. The molecular weight excluding hydrogens is 398 g/mol. The van der Waals surface area contributed by atoms with Crippen LogP contribution in [0, 0.1) is 0 Å². The fourth-order valence-corrected chi connectivity index (χ4v) is 5.34. The summed E-state index contributed by atoms with van der Waals surface area (Å²) in [5.74, 6) is 1.55. The first-order chi connectivity index (χ1) is 14.8. The van der Waals surface area contributed by atoms with Crippen molar-refractivity contribution in [2.75, 3.05) is 38.6 Å². The summed E-state index contributed by atoms with van der Waals surface area (Å²) in [5.41, 5.74) is 2.53. The van der Waals surface area contributed by atoms with Gasteiger partial charge >= 0.3 is 0 Å². The zero-order chi connectivity index (χ0) is 20.3. The van der Waals surface area contributed by atoms with Crippen molar-refractivity contribution in [1.29, 1.82) is 0 Å². The largest absolute Gasteiger partial charge is 0.379 e. The van der Waals surface area contributed by atoms with Crippen LogP contribution in [0.5, 0.6) is 0 Å². The number of hydrogen-bond acceptors (Lipinski definition) is 6. The number of ether oxygens (including phenoxy) is 1. The number of nitrogens with zero attached hydrogens (tertiary/aromatic N) is 5. The molecule has 5 rings (SSSR count). The van der Waals surface area contributed by atoms with Crippen molar-refractivity contribution in [2.45, 2.75) is 37.4 Å². The highest BCUT2D eigenvalue weighted by Crippen LogP contribution is 2.30. The molecule has 0 saturated carbocycles. The molecule has 30 heavy (non-hydrogen) atoms. The van der Waals surface area contributed by atoms with Gasteiger partial charge in [-0.1, -0.05) is 36.4 Å². The van der Waals surface area contributed by atoms with Crippen molar-refractivity contribution in [3.8, 4) is 17.1 Å². The topological polar surface area (TPSA) is 65.2 Å². The Morgan fingerprint density at radius 1 is 1.03 bits per heavy atom. The van der Waals surface area contributed by atoms with Gasteiger partial charge in [0.25, 0.3) is 5.56 Å². The molecule has 0 aromatic heterocycles. The number of aromatic nitrogens is 4. The van der Waals surface area contributed by atoms with E-state index in [1.54, 1.807) is 11.8 Å². The number of benzene rings is 1. The third-order valence-corrected chi connectivity index (χ3v) is 6.87. The van der Waals surface area contributed by atoms with Crippen molar-refractivity contribution < 1.29 is 4.74 Å². The highest BCUT2D eigenvalue weighted by Gasteiger charge is 2.27. The molecule has 0 radical (unpaired) electrons. The third-order valence-electron chi connectivity index (χ3n) is 5.91. The van der Waals surface area contributed by atoms with Crippen molar-refractivity contribution in [2.24, 2.45) is 0 Å². The van der Waals surface area contributed by atoms with Crippen LogP contribution in [-0.4, -0.2) is 62.8 Å². The van der Waals surface area contributed by atoms with E-state index in [9.17, 15) is 4.79 Å². The maximum Gasteiger partial charge on any atom is 0.284 e. The van der Waals surface area contributed by atoms with Gasteiger partial charge in [0.05, 0.1) is 18.9 Å². The Balaban J connectivity index is 1.50. The van der Waals surface area contributed by atoms with Gasteiger partial charge < -0.3 is 9.30 Å². The van der Waals surface area contributed by atoms with Crippen molar-refractivity contribution in [3.63, 3.8) is 0 Å². The number of hydrogen-bond donors (Lipinski definition) is 0. The molecule has 0 atom stereocenters. The molecule has 0 amide bonds. The molecule has 0 spiro atoms. The SMILES string of the molecule is O=c1c2c3n(c(SCCN4CCOCC4)nc-2nn1-c1ccccc1)CCCCC3. The molecule has 4 aliphatic heterocycles. The number of morpholine rings is 1. The second-order valence-corrected chi connectivity index (χ2v) is 8.92. The average Bonchev–Trinajstić information content (AvgIpc) is 2.95. The third kappa shape index (κ3) is 3.91. The highest BCUT2D eigenvalue weighted by atomic mass is 32.2. The molecule has 7 nitrogen and oxygen atoms in total. The molecule has 1 aromatic carbocycles. The minimum atomic E-state index is -0.0563. The second kappa shape index (κ2) is 8.91. The number of fused-ring (bicyclic) bond motifs is 3. The Bertz CT molecular complexity index is 1030. The smallest absolute Gasteiger partial charge is 0.284 e.